The molecule has 1 aliphatic heterocycles. The van der Waals surface area contributed by atoms with Gasteiger partial charge in [0.1, 0.15) is 0 Å². The molecule has 90 valence electrons. The van der Waals surface area contributed by atoms with Gasteiger partial charge in [0.25, 0.3) is 0 Å². The zero-order chi connectivity index (χ0) is 12.1. The summed E-state index contributed by atoms with van der Waals surface area (Å²) in [7, 11) is 0. The molecule has 0 saturated heterocycles. The van der Waals surface area contributed by atoms with E-state index < -0.39 is 0 Å². The summed E-state index contributed by atoms with van der Waals surface area (Å²) in [5.41, 5.74) is 3.39. The summed E-state index contributed by atoms with van der Waals surface area (Å²) in [6, 6.07) is 0. The number of hydrogen-bond acceptors (Lipinski definition) is 3. The highest BCUT2D eigenvalue weighted by Gasteiger charge is 2.08. The Kier molecular flexibility index (Phi) is 3.94. The van der Waals surface area contributed by atoms with Gasteiger partial charge in [-0.2, -0.15) is 5.10 Å². The third kappa shape index (κ3) is 2.94. The molecule has 3 heteroatoms. The average Bonchev–Trinajstić information content (AvgIpc) is 2.64. The number of aliphatic hydroxyl groups excluding tert-OH is 1. The van der Waals surface area contributed by atoms with Crippen LogP contribution in [0.1, 0.15) is 13.3 Å². The fraction of sp³-hybridized carbons (Fsp3) is 0.357. The van der Waals surface area contributed by atoms with Crippen LogP contribution in [0.25, 0.3) is 0 Å². The predicted molar refractivity (Wildman–Crippen MR) is 70.8 cm³/mol. The number of rotatable bonds is 3. The van der Waals surface area contributed by atoms with Crippen LogP contribution < -0.4 is 0 Å². The molecule has 0 radical (unpaired) electrons. The monoisotopic (exact) mass is 230 g/mol. The normalized spacial score (nSPS) is 19.6. The summed E-state index contributed by atoms with van der Waals surface area (Å²) in [6.07, 6.45) is 13.1. The van der Waals surface area contributed by atoms with Gasteiger partial charge in [-0.25, -0.2) is 0 Å². The lowest BCUT2D eigenvalue weighted by Gasteiger charge is -2.19. The minimum atomic E-state index is 0.130. The van der Waals surface area contributed by atoms with Crippen molar-refractivity contribution in [3.63, 3.8) is 0 Å². The second-order valence-corrected chi connectivity index (χ2v) is 4.12. The Morgan fingerprint density at radius 2 is 2.24 bits per heavy atom. The Bertz CT molecular complexity index is 428. The van der Waals surface area contributed by atoms with E-state index in [4.69, 9.17) is 5.11 Å². The average molecular weight is 230 g/mol. The van der Waals surface area contributed by atoms with E-state index in [2.05, 4.69) is 30.3 Å². The van der Waals surface area contributed by atoms with Crippen LogP contribution in [0, 0.1) is 0 Å². The number of allylic oxidation sites excluding steroid dienone is 6. The molecule has 17 heavy (non-hydrogen) atoms. The molecule has 0 amide bonds. The van der Waals surface area contributed by atoms with Gasteiger partial charge in [-0.15, -0.1) is 0 Å². The molecule has 0 aromatic rings. The van der Waals surface area contributed by atoms with E-state index in [1.807, 2.05) is 23.4 Å². The number of likely N-dealkylation sites (N-methyl/N-ethyl adjacent to an activating group) is 1. The van der Waals surface area contributed by atoms with Crippen molar-refractivity contribution >= 4 is 6.21 Å². The minimum absolute atomic E-state index is 0.130. The smallest absolute Gasteiger partial charge is 0.0647 e. The Hall–Kier alpha value is -1.61. The first-order valence-electron chi connectivity index (χ1n) is 6.00. The third-order valence-corrected chi connectivity index (χ3v) is 2.98. The SMILES string of the molecule is CCN1CC=C(C2=CCC(CO)=CC=C2)C=N1. The van der Waals surface area contributed by atoms with E-state index in [1.165, 1.54) is 11.1 Å². The Labute approximate surface area is 102 Å². The zero-order valence-corrected chi connectivity index (χ0v) is 10.1. The Morgan fingerprint density at radius 1 is 1.35 bits per heavy atom. The van der Waals surface area contributed by atoms with E-state index in [1.54, 1.807) is 0 Å². The summed E-state index contributed by atoms with van der Waals surface area (Å²) >= 11 is 0. The molecule has 0 saturated carbocycles. The predicted octanol–water partition coefficient (Wildman–Crippen LogP) is 2.04. The van der Waals surface area contributed by atoms with Crippen molar-refractivity contribution in [2.45, 2.75) is 13.3 Å². The molecule has 2 rings (SSSR count). The highest BCUT2D eigenvalue weighted by molar-refractivity contribution is 5.86. The molecular weight excluding hydrogens is 212 g/mol. The molecule has 0 aromatic carbocycles. The first-order valence-corrected chi connectivity index (χ1v) is 6.00. The lowest BCUT2D eigenvalue weighted by molar-refractivity contribution is 0.329. The molecule has 0 unspecified atom stereocenters. The van der Waals surface area contributed by atoms with Gasteiger partial charge in [0.05, 0.1) is 19.4 Å². The van der Waals surface area contributed by atoms with E-state index in [0.29, 0.717) is 0 Å². The van der Waals surface area contributed by atoms with Crippen LogP contribution >= 0.6 is 0 Å². The zero-order valence-electron chi connectivity index (χ0n) is 10.1. The Balaban J connectivity index is 2.08. The van der Waals surface area contributed by atoms with Crippen LogP contribution in [0.15, 0.2) is 52.2 Å². The molecule has 0 fully saturated rings. The fourth-order valence-corrected chi connectivity index (χ4v) is 1.85. The highest BCUT2D eigenvalue weighted by Crippen LogP contribution is 2.18. The molecule has 0 bridgehead atoms. The van der Waals surface area contributed by atoms with Gasteiger partial charge in [0, 0.05) is 6.54 Å². The van der Waals surface area contributed by atoms with Gasteiger partial charge in [-0.1, -0.05) is 30.4 Å². The van der Waals surface area contributed by atoms with Crippen LogP contribution in [-0.2, 0) is 0 Å². The van der Waals surface area contributed by atoms with Gasteiger partial charge in [-0.3, -0.25) is 5.01 Å². The molecule has 0 aromatic heterocycles. The first kappa shape index (κ1) is 11.9. The van der Waals surface area contributed by atoms with E-state index in [9.17, 15) is 0 Å². The van der Waals surface area contributed by atoms with Gasteiger partial charge >= 0.3 is 0 Å². The fourth-order valence-electron chi connectivity index (χ4n) is 1.85. The molecule has 0 atom stereocenters. The molecule has 1 N–H and O–H groups in total. The van der Waals surface area contributed by atoms with Crippen molar-refractivity contribution in [2.24, 2.45) is 5.10 Å². The summed E-state index contributed by atoms with van der Waals surface area (Å²) in [5.74, 6) is 0. The molecule has 2 aliphatic rings. The number of aliphatic hydroxyl groups is 1. The van der Waals surface area contributed by atoms with Crippen molar-refractivity contribution in [1.29, 1.82) is 0 Å². The maximum absolute atomic E-state index is 9.10. The molecule has 1 aliphatic carbocycles. The summed E-state index contributed by atoms with van der Waals surface area (Å²) in [5, 5.41) is 15.5. The van der Waals surface area contributed by atoms with Crippen molar-refractivity contribution in [2.75, 3.05) is 19.7 Å². The van der Waals surface area contributed by atoms with Gasteiger partial charge in [0.15, 0.2) is 0 Å². The van der Waals surface area contributed by atoms with Crippen molar-refractivity contribution in [3.05, 3.63) is 47.1 Å². The van der Waals surface area contributed by atoms with Gasteiger partial charge in [-0.05, 0) is 30.1 Å². The van der Waals surface area contributed by atoms with Crippen LogP contribution in [0.3, 0.4) is 0 Å². The van der Waals surface area contributed by atoms with Crippen molar-refractivity contribution < 1.29 is 5.11 Å². The molecule has 1 heterocycles. The highest BCUT2D eigenvalue weighted by atomic mass is 16.3. The van der Waals surface area contributed by atoms with Crippen molar-refractivity contribution in [1.82, 2.24) is 5.01 Å². The van der Waals surface area contributed by atoms with Gasteiger partial charge in [0.2, 0.25) is 0 Å². The maximum Gasteiger partial charge on any atom is 0.0647 e. The van der Waals surface area contributed by atoms with E-state index in [0.717, 1.165) is 25.1 Å². The topological polar surface area (TPSA) is 35.8 Å². The molecular formula is C14H18N2O. The Morgan fingerprint density at radius 3 is 2.88 bits per heavy atom. The van der Waals surface area contributed by atoms with Crippen LogP contribution in [0.5, 0.6) is 0 Å². The minimum Gasteiger partial charge on any atom is -0.392 e. The van der Waals surface area contributed by atoms with Crippen LogP contribution in [0.2, 0.25) is 0 Å². The first-order chi connectivity index (χ1) is 8.33. The second-order valence-electron chi connectivity index (χ2n) is 4.12. The summed E-state index contributed by atoms with van der Waals surface area (Å²) < 4.78 is 0. The lowest BCUT2D eigenvalue weighted by Crippen LogP contribution is -2.20. The number of hydrogen-bond donors (Lipinski definition) is 1. The number of nitrogens with zero attached hydrogens (tertiary/aromatic N) is 2. The largest absolute Gasteiger partial charge is 0.392 e. The van der Waals surface area contributed by atoms with Gasteiger partial charge < -0.3 is 5.11 Å². The summed E-state index contributed by atoms with van der Waals surface area (Å²) in [4.78, 5) is 0. The molecule has 0 spiro atoms. The van der Waals surface area contributed by atoms with Crippen LogP contribution in [0.4, 0.5) is 0 Å². The lowest BCUT2D eigenvalue weighted by atomic mass is 10.0. The quantitative estimate of drug-likeness (QED) is 0.805. The molecule has 3 nitrogen and oxygen atoms in total. The maximum atomic E-state index is 9.10. The van der Waals surface area contributed by atoms with Crippen LogP contribution in [-0.4, -0.2) is 36.0 Å². The standard InChI is InChI=1S/C14H18N2O/c1-2-16-9-8-14(10-15-16)13-5-3-4-12(11-17)6-7-13/h3-5,7-8,10,17H,2,6,9,11H2,1H3. The number of hydrazone groups is 1. The summed E-state index contributed by atoms with van der Waals surface area (Å²) in [6.45, 7) is 4.03. The van der Waals surface area contributed by atoms with Crippen molar-refractivity contribution in [3.8, 4) is 0 Å². The van der Waals surface area contributed by atoms with E-state index >= 15 is 0 Å². The van der Waals surface area contributed by atoms with E-state index in [-0.39, 0.29) is 6.61 Å². The third-order valence-electron chi connectivity index (χ3n) is 2.98. The second kappa shape index (κ2) is 5.64.